The van der Waals surface area contributed by atoms with E-state index in [0.717, 1.165) is 23.8 Å². The van der Waals surface area contributed by atoms with Crippen LogP contribution in [0.5, 0.6) is 0 Å². The van der Waals surface area contributed by atoms with E-state index in [1.807, 2.05) is 55.7 Å². The number of aliphatic hydroxyl groups excluding tert-OH is 1. The van der Waals surface area contributed by atoms with E-state index in [1.54, 1.807) is 12.3 Å². The largest absolute Gasteiger partial charge is 0.480 e. The van der Waals surface area contributed by atoms with Crippen LogP contribution in [0.4, 0.5) is 8.78 Å². The highest BCUT2D eigenvalue weighted by molar-refractivity contribution is 5.88. The van der Waals surface area contributed by atoms with Crippen molar-refractivity contribution >= 4 is 35.5 Å². The summed E-state index contributed by atoms with van der Waals surface area (Å²) in [6, 6.07) is 9.57. The molecule has 1 aromatic heterocycles. The molecule has 11 N–H and O–H groups in total. The SMILES string of the molecule is CC(C)(C)[C@H](c1cc(-c2cc(F)ccc2F)cn1Cc1ccccc1)N(CC[C@H](N[C@@H](CC(N)=O)C(N)=O)C(=O)NCCC(=O)NCCCC[C@H](N)C(=O)O)C(=O)CO. The Balaban J connectivity index is 1.94. The van der Waals surface area contributed by atoms with Gasteiger partial charge in [0.15, 0.2) is 0 Å². The molecular weight excluding hydrogens is 770 g/mol. The maximum absolute atomic E-state index is 15.2. The van der Waals surface area contributed by atoms with Crippen LogP contribution in [0.1, 0.15) is 76.6 Å². The molecule has 0 saturated heterocycles. The smallest absolute Gasteiger partial charge is 0.320 e. The standard InChI is InChI=1S/C41H56F2N8O8/c1-41(2,3)37(33-19-26(28-20-27(42)12-13-29(28)43)23-50(33)22-25-9-5-4-6-10-25)51(36(55)24-52)18-15-31(49-32(38(46)56)21-34(45)53)39(57)48-17-14-35(54)47-16-8-7-11-30(44)40(58)59/h4-6,9-10,12-13,19-20,23,30-32,37,49,52H,7-8,11,14-18,21-22,24,44H2,1-3H3,(H2,45,53)(H2,46,56)(H,47,54)(H,48,57)(H,58,59)/t30-,31-,32-,37-/m0/s1. The molecule has 18 heteroatoms. The maximum Gasteiger partial charge on any atom is 0.320 e. The van der Waals surface area contributed by atoms with E-state index in [1.165, 1.54) is 4.90 Å². The van der Waals surface area contributed by atoms with E-state index in [4.69, 9.17) is 22.3 Å². The molecule has 322 valence electrons. The van der Waals surface area contributed by atoms with Crippen molar-refractivity contribution < 1.29 is 47.8 Å². The number of aromatic nitrogens is 1. The molecule has 0 spiro atoms. The Morgan fingerprint density at radius 2 is 1.59 bits per heavy atom. The van der Waals surface area contributed by atoms with Gasteiger partial charge in [0.25, 0.3) is 0 Å². The van der Waals surface area contributed by atoms with E-state index in [2.05, 4.69) is 16.0 Å². The Kier molecular flexibility index (Phi) is 18.1. The molecule has 16 nitrogen and oxygen atoms in total. The summed E-state index contributed by atoms with van der Waals surface area (Å²) in [6.45, 7) is 4.82. The number of carbonyl (C=O) groups excluding carboxylic acids is 5. The number of nitrogens with one attached hydrogen (secondary N) is 3. The highest BCUT2D eigenvalue weighted by atomic mass is 19.1. The van der Waals surface area contributed by atoms with Crippen LogP contribution in [-0.2, 0) is 35.3 Å². The molecule has 0 bridgehead atoms. The molecule has 0 saturated carbocycles. The van der Waals surface area contributed by atoms with E-state index < -0.39 is 89.7 Å². The van der Waals surface area contributed by atoms with Gasteiger partial charge in [0.05, 0.1) is 24.5 Å². The first-order valence-electron chi connectivity index (χ1n) is 19.3. The van der Waals surface area contributed by atoms with Crippen LogP contribution in [-0.4, -0.2) is 99.6 Å². The van der Waals surface area contributed by atoms with Crippen molar-refractivity contribution in [3.8, 4) is 11.1 Å². The number of carbonyl (C=O) groups is 6. The zero-order valence-electron chi connectivity index (χ0n) is 33.6. The van der Waals surface area contributed by atoms with Crippen molar-refractivity contribution in [2.75, 3.05) is 26.2 Å². The van der Waals surface area contributed by atoms with E-state index in [-0.39, 0.29) is 51.0 Å². The minimum atomic E-state index is -1.38. The molecule has 0 aliphatic rings. The molecule has 0 unspecified atom stereocenters. The normalized spacial score (nSPS) is 13.5. The van der Waals surface area contributed by atoms with Gasteiger partial charge < -0.3 is 47.5 Å². The van der Waals surface area contributed by atoms with Gasteiger partial charge in [-0.2, -0.15) is 0 Å². The summed E-state index contributed by atoms with van der Waals surface area (Å²) in [4.78, 5) is 76.3. The number of nitrogens with two attached hydrogens (primary N) is 3. The van der Waals surface area contributed by atoms with Crippen molar-refractivity contribution in [3.63, 3.8) is 0 Å². The molecule has 3 aromatic rings. The Hall–Kier alpha value is -5.72. The molecule has 59 heavy (non-hydrogen) atoms. The molecular formula is C41H56F2N8O8. The van der Waals surface area contributed by atoms with Gasteiger partial charge in [-0.15, -0.1) is 0 Å². The lowest BCUT2D eigenvalue weighted by molar-refractivity contribution is -0.140. The summed E-state index contributed by atoms with van der Waals surface area (Å²) >= 11 is 0. The summed E-state index contributed by atoms with van der Waals surface area (Å²) < 4.78 is 31.4. The van der Waals surface area contributed by atoms with Crippen LogP contribution in [0, 0.1) is 17.0 Å². The van der Waals surface area contributed by atoms with Crippen molar-refractivity contribution in [2.45, 2.75) is 90.0 Å². The lowest BCUT2D eigenvalue weighted by Crippen LogP contribution is -2.55. The maximum atomic E-state index is 15.2. The monoisotopic (exact) mass is 826 g/mol. The topological polar surface area (TPSA) is 265 Å². The van der Waals surface area contributed by atoms with Crippen LogP contribution >= 0.6 is 0 Å². The summed E-state index contributed by atoms with van der Waals surface area (Å²) in [7, 11) is 0. The van der Waals surface area contributed by atoms with Gasteiger partial charge in [0, 0.05) is 55.6 Å². The summed E-state index contributed by atoms with van der Waals surface area (Å²) in [6.07, 6.45) is 1.98. The van der Waals surface area contributed by atoms with E-state index >= 15 is 4.39 Å². The van der Waals surface area contributed by atoms with Gasteiger partial charge in [0.2, 0.25) is 29.5 Å². The Morgan fingerprint density at radius 1 is 0.898 bits per heavy atom. The number of hydrogen-bond acceptors (Lipinski definition) is 9. The van der Waals surface area contributed by atoms with Gasteiger partial charge in [-0.3, -0.25) is 34.1 Å². The molecule has 0 fully saturated rings. The fourth-order valence-corrected chi connectivity index (χ4v) is 6.70. The average Bonchev–Trinajstić information content (AvgIpc) is 3.57. The van der Waals surface area contributed by atoms with E-state index in [9.17, 15) is 38.3 Å². The van der Waals surface area contributed by atoms with Crippen LogP contribution in [0.15, 0.2) is 60.8 Å². The second-order valence-corrected chi connectivity index (χ2v) is 15.4. The molecule has 5 amide bonds. The van der Waals surface area contributed by atoms with Crippen molar-refractivity contribution in [2.24, 2.45) is 22.6 Å². The second kappa shape index (κ2) is 22.4. The number of nitrogens with zero attached hydrogens (tertiary/aromatic N) is 2. The number of amides is 5. The number of benzene rings is 2. The van der Waals surface area contributed by atoms with Crippen molar-refractivity contribution in [3.05, 3.63) is 83.7 Å². The minimum Gasteiger partial charge on any atom is -0.480 e. The quantitative estimate of drug-likeness (QED) is 0.0606. The van der Waals surface area contributed by atoms with Gasteiger partial charge in [-0.05, 0) is 60.9 Å². The predicted molar refractivity (Wildman–Crippen MR) is 215 cm³/mol. The summed E-state index contributed by atoms with van der Waals surface area (Å²) in [5.74, 6) is -6.10. The molecule has 4 atom stereocenters. The third-order valence-corrected chi connectivity index (χ3v) is 9.59. The Morgan fingerprint density at radius 3 is 2.20 bits per heavy atom. The number of rotatable bonds is 24. The zero-order valence-corrected chi connectivity index (χ0v) is 33.6. The Bertz CT molecular complexity index is 1920. The number of halogens is 2. The second-order valence-electron chi connectivity index (χ2n) is 15.4. The predicted octanol–water partition coefficient (Wildman–Crippen LogP) is 1.67. The number of carboxylic acid groups (broad SMARTS) is 1. The molecule has 0 aliphatic heterocycles. The highest BCUT2D eigenvalue weighted by Gasteiger charge is 2.38. The van der Waals surface area contributed by atoms with Gasteiger partial charge >= 0.3 is 5.97 Å². The van der Waals surface area contributed by atoms with Crippen LogP contribution in [0.2, 0.25) is 0 Å². The summed E-state index contributed by atoms with van der Waals surface area (Å²) in [5, 5.41) is 27.2. The molecule has 3 rings (SSSR count). The number of aliphatic hydroxyl groups is 1. The average molecular weight is 827 g/mol. The third kappa shape index (κ3) is 14.9. The molecule has 0 aliphatic carbocycles. The van der Waals surface area contributed by atoms with Gasteiger partial charge in [-0.25, -0.2) is 8.78 Å². The lowest BCUT2D eigenvalue weighted by Gasteiger charge is -2.41. The molecule has 0 radical (unpaired) electrons. The minimum absolute atomic E-state index is 0.00667. The number of hydrogen-bond donors (Lipinski definition) is 8. The van der Waals surface area contributed by atoms with Crippen LogP contribution in [0.3, 0.4) is 0 Å². The first-order valence-corrected chi connectivity index (χ1v) is 19.3. The fourth-order valence-electron chi connectivity index (χ4n) is 6.70. The molecule has 1 heterocycles. The van der Waals surface area contributed by atoms with Crippen LogP contribution in [0.25, 0.3) is 11.1 Å². The first-order chi connectivity index (χ1) is 27.8. The van der Waals surface area contributed by atoms with E-state index in [0.29, 0.717) is 24.1 Å². The van der Waals surface area contributed by atoms with Crippen molar-refractivity contribution in [1.29, 1.82) is 0 Å². The number of carboxylic acids is 1. The Labute approximate surface area is 341 Å². The van der Waals surface area contributed by atoms with Gasteiger partial charge in [-0.1, -0.05) is 51.1 Å². The van der Waals surface area contributed by atoms with Crippen LogP contribution < -0.4 is 33.2 Å². The molecule has 2 aromatic carbocycles. The number of primary amides is 2. The lowest BCUT2D eigenvalue weighted by atomic mass is 9.82. The zero-order chi connectivity index (χ0) is 43.9. The highest BCUT2D eigenvalue weighted by Crippen LogP contribution is 2.41. The number of unbranched alkanes of at least 4 members (excludes halogenated alkanes) is 1. The number of aliphatic carboxylic acids is 1. The van der Waals surface area contributed by atoms with Crippen molar-refractivity contribution in [1.82, 2.24) is 25.4 Å². The fraction of sp³-hybridized carbons (Fsp3) is 0.463. The summed E-state index contributed by atoms with van der Waals surface area (Å²) in [5.41, 5.74) is 17.3. The first kappa shape index (κ1) is 47.7. The third-order valence-electron chi connectivity index (χ3n) is 9.59. The van der Waals surface area contributed by atoms with Gasteiger partial charge in [0.1, 0.15) is 24.3 Å².